The number of hydrogen-bond donors (Lipinski definition) is 3. The minimum atomic E-state index is -2.37. The number of hydrogen-bond acceptors (Lipinski definition) is 3. The molecule has 0 aromatic rings. The van der Waals surface area contributed by atoms with Gasteiger partial charge in [0.1, 0.15) is 0 Å². The van der Waals surface area contributed by atoms with Crippen molar-refractivity contribution in [2.24, 2.45) is 0 Å². The van der Waals surface area contributed by atoms with Crippen molar-refractivity contribution in [1.29, 1.82) is 0 Å². The molecule has 0 bridgehead atoms. The minimum absolute atomic E-state index is 0.535. The number of rotatable bonds is 0. The maximum absolute atomic E-state index is 9.08. The molecule has 0 radical (unpaired) electrons. The van der Waals surface area contributed by atoms with Crippen LogP contribution in [-0.4, -0.2) is 21.4 Å². The second-order valence-corrected chi connectivity index (χ2v) is 4.36. The van der Waals surface area contributed by atoms with Crippen molar-refractivity contribution in [3.63, 3.8) is 0 Å². The summed E-state index contributed by atoms with van der Waals surface area (Å²) >= 11 is 0. The maximum Gasteiger partial charge on any atom is 0.0528 e. The normalized spacial score (nSPS) is 30.9. The second kappa shape index (κ2) is 2.88. The van der Waals surface area contributed by atoms with Crippen LogP contribution in [-0.2, 0) is 0 Å². The molecule has 1 aliphatic rings. The summed E-state index contributed by atoms with van der Waals surface area (Å²) in [4.78, 5) is 0. The lowest BCUT2D eigenvalue weighted by Gasteiger charge is -2.30. The van der Waals surface area contributed by atoms with Gasteiger partial charge in [0.05, 0.1) is 5.75 Å². The quantitative estimate of drug-likeness (QED) is 0.491. The molecular formula is C5H13NO2S. The van der Waals surface area contributed by atoms with Gasteiger partial charge in [-0.1, -0.05) is 6.42 Å². The van der Waals surface area contributed by atoms with Crippen LogP contribution in [0.5, 0.6) is 0 Å². The molecule has 3 nitrogen and oxygen atoms in total. The van der Waals surface area contributed by atoms with Crippen molar-refractivity contribution in [3.05, 3.63) is 0 Å². The van der Waals surface area contributed by atoms with Crippen LogP contribution < -0.4 is 4.72 Å². The highest BCUT2D eigenvalue weighted by Gasteiger charge is 2.12. The topological polar surface area (TPSA) is 52.5 Å². The first kappa shape index (κ1) is 7.34. The van der Waals surface area contributed by atoms with Gasteiger partial charge in [0.25, 0.3) is 0 Å². The summed E-state index contributed by atoms with van der Waals surface area (Å²) in [5.74, 6) is 0.535. The fourth-order valence-electron chi connectivity index (χ4n) is 0.913. The van der Waals surface area contributed by atoms with Crippen LogP contribution in [0.2, 0.25) is 0 Å². The first-order valence-corrected chi connectivity index (χ1v) is 4.93. The minimum Gasteiger partial charge on any atom is -0.286 e. The summed E-state index contributed by atoms with van der Waals surface area (Å²) in [7, 11) is -2.37. The molecule has 56 valence electrons. The zero-order valence-electron chi connectivity index (χ0n) is 5.34. The molecule has 1 fully saturated rings. The molecule has 9 heavy (non-hydrogen) atoms. The molecule has 1 saturated heterocycles. The lowest BCUT2D eigenvalue weighted by molar-refractivity contribution is 0.473. The summed E-state index contributed by atoms with van der Waals surface area (Å²) in [6, 6.07) is 0. The Kier molecular flexibility index (Phi) is 2.35. The van der Waals surface area contributed by atoms with Gasteiger partial charge in [0.2, 0.25) is 0 Å². The Hall–Kier alpha value is 0.230. The summed E-state index contributed by atoms with van der Waals surface area (Å²) in [5.41, 5.74) is 0. The van der Waals surface area contributed by atoms with Crippen molar-refractivity contribution in [3.8, 4) is 0 Å². The standard InChI is InChI=1S/C5H13NO2S/c7-9(8)5-3-1-2-4-6-9/h6-8H,1-5H2. The van der Waals surface area contributed by atoms with Gasteiger partial charge in [-0.05, 0) is 12.8 Å². The van der Waals surface area contributed by atoms with Crippen molar-refractivity contribution < 1.29 is 9.11 Å². The molecule has 1 heterocycles. The molecule has 1 aliphatic heterocycles. The van der Waals surface area contributed by atoms with E-state index in [1.165, 1.54) is 0 Å². The van der Waals surface area contributed by atoms with E-state index < -0.39 is 10.8 Å². The molecule has 0 unspecified atom stereocenters. The Morgan fingerprint density at radius 1 is 1.11 bits per heavy atom. The maximum atomic E-state index is 9.08. The number of nitrogens with one attached hydrogen (secondary N) is 1. The lowest BCUT2D eigenvalue weighted by atomic mass is 10.3. The molecule has 0 atom stereocenters. The first-order valence-electron chi connectivity index (χ1n) is 3.21. The van der Waals surface area contributed by atoms with Gasteiger partial charge in [0, 0.05) is 6.54 Å². The van der Waals surface area contributed by atoms with E-state index in [-0.39, 0.29) is 0 Å². The zero-order chi connectivity index (χ0) is 6.74. The lowest BCUT2D eigenvalue weighted by Crippen LogP contribution is -2.20. The van der Waals surface area contributed by atoms with Gasteiger partial charge in [-0.25, -0.2) is 4.72 Å². The average Bonchev–Trinajstić information content (AvgIpc) is 1.92. The van der Waals surface area contributed by atoms with Crippen molar-refractivity contribution in [2.75, 3.05) is 12.3 Å². The third-order valence-corrected chi connectivity index (χ3v) is 2.96. The van der Waals surface area contributed by atoms with Gasteiger partial charge >= 0.3 is 0 Å². The van der Waals surface area contributed by atoms with Crippen LogP contribution in [0, 0.1) is 0 Å². The third-order valence-electron chi connectivity index (χ3n) is 1.44. The van der Waals surface area contributed by atoms with E-state index in [1.54, 1.807) is 0 Å². The largest absolute Gasteiger partial charge is 0.286 e. The summed E-state index contributed by atoms with van der Waals surface area (Å²) in [6.45, 7) is 0.752. The molecule has 1 rings (SSSR count). The van der Waals surface area contributed by atoms with Crippen LogP contribution in [0.25, 0.3) is 0 Å². The van der Waals surface area contributed by atoms with Crippen molar-refractivity contribution in [2.45, 2.75) is 19.3 Å². The molecule has 0 spiro atoms. The Labute approximate surface area is 56.9 Å². The highest BCUT2D eigenvalue weighted by Crippen LogP contribution is 2.35. The van der Waals surface area contributed by atoms with Gasteiger partial charge in [-0.3, -0.25) is 9.11 Å². The predicted octanol–water partition coefficient (Wildman–Crippen LogP) is 1.43. The Morgan fingerprint density at radius 3 is 2.67 bits per heavy atom. The van der Waals surface area contributed by atoms with Crippen LogP contribution in [0.15, 0.2) is 0 Å². The summed E-state index contributed by atoms with van der Waals surface area (Å²) in [5, 5.41) is 0. The molecule has 0 amide bonds. The van der Waals surface area contributed by atoms with Crippen LogP contribution in [0.4, 0.5) is 0 Å². The van der Waals surface area contributed by atoms with Crippen LogP contribution in [0.1, 0.15) is 19.3 Å². The zero-order valence-corrected chi connectivity index (χ0v) is 6.15. The third kappa shape index (κ3) is 2.53. The highest BCUT2D eigenvalue weighted by atomic mass is 32.3. The summed E-state index contributed by atoms with van der Waals surface area (Å²) in [6.07, 6.45) is 3.12. The van der Waals surface area contributed by atoms with Crippen molar-refractivity contribution in [1.82, 2.24) is 4.72 Å². The van der Waals surface area contributed by atoms with E-state index >= 15 is 0 Å². The fraction of sp³-hybridized carbons (Fsp3) is 1.00. The van der Waals surface area contributed by atoms with Gasteiger partial charge in [-0.15, -0.1) is 10.8 Å². The van der Waals surface area contributed by atoms with Crippen LogP contribution >= 0.6 is 10.8 Å². The Balaban J connectivity index is 2.36. The fourth-order valence-corrected chi connectivity index (χ4v) is 2.14. The van der Waals surface area contributed by atoms with E-state index in [9.17, 15) is 0 Å². The first-order chi connectivity index (χ1) is 4.21. The van der Waals surface area contributed by atoms with E-state index in [1.807, 2.05) is 0 Å². The molecular weight excluding hydrogens is 138 g/mol. The predicted molar refractivity (Wildman–Crippen MR) is 39.6 cm³/mol. The van der Waals surface area contributed by atoms with E-state index in [2.05, 4.69) is 4.72 Å². The van der Waals surface area contributed by atoms with E-state index in [4.69, 9.17) is 9.11 Å². The monoisotopic (exact) mass is 151 g/mol. The van der Waals surface area contributed by atoms with Gasteiger partial charge in [-0.2, -0.15) is 0 Å². The van der Waals surface area contributed by atoms with Gasteiger partial charge < -0.3 is 0 Å². The Bertz CT molecular complexity index is 87.0. The molecule has 0 aromatic heterocycles. The molecule has 0 saturated carbocycles. The average molecular weight is 151 g/mol. The van der Waals surface area contributed by atoms with Crippen molar-refractivity contribution >= 4 is 10.8 Å². The molecule has 0 aliphatic carbocycles. The summed E-state index contributed by atoms with van der Waals surface area (Å²) < 4.78 is 20.9. The van der Waals surface area contributed by atoms with E-state index in [0.29, 0.717) is 5.75 Å². The molecule has 3 N–H and O–H groups in total. The van der Waals surface area contributed by atoms with E-state index in [0.717, 1.165) is 25.8 Å². The highest BCUT2D eigenvalue weighted by molar-refractivity contribution is 8.22. The van der Waals surface area contributed by atoms with Gasteiger partial charge in [0.15, 0.2) is 0 Å². The molecule has 4 heteroatoms. The second-order valence-electron chi connectivity index (χ2n) is 2.33. The van der Waals surface area contributed by atoms with Crippen LogP contribution in [0.3, 0.4) is 0 Å². The Morgan fingerprint density at radius 2 is 1.89 bits per heavy atom. The SMILES string of the molecule is OS1(O)CCCCCN1. The smallest absolute Gasteiger partial charge is 0.0528 e. The molecule has 0 aromatic carbocycles.